The molecule has 0 aromatic heterocycles. The fraction of sp³-hybridized carbons (Fsp3) is 0.200. The van der Waals surface area contributed by atoms with E-state index in [2.05, 4.69) is 6.92 Å². The Bertz CT molecular complexity index is 1140. The molecule has 0 saturated carbocycles. The molecule has 0 unspecified atom stereocenters. The normalized spacial score (nSPS) is 9.24. The average Bonchev–Trinajstić information content (AvgIpc) is 3.08. The molecule has 240 valence electrons. The van der Waals surface area contributed by atoms with Crippen molar-refractivity contribution in [3.63, 3.8) is 0 Å². The number of hydrogen-bond donors (Lipinski definition) is 6. The third-order valence-corrected chi connectivity index (χ3v) is 5.57. The van der Waals surface area contributed by atoms with Crippen molar-refractivity contribution < 1.29 is 49.8 Å². The summed E-state index contributed by atoms with van der Waals surface area (Å²) in [7, 11) is 0. The summed E-state index contributed by atoms with van der Waals surface area (Å²) in [5.74, 6) is -3.40. The van der Waals surface area contributed by atoms with Gasteiger partial charge in [-0.15, -0.1) is 0 Å². The van der Waals surface area contributed by atoms with Gasteiger partial charge >= 0.3 is 23.9 Å². The van der Waals surface area contributed by atoms with Crippen molar-refractivity contribution in [3.05, 3.63) is 144 Å². The van der Waals surface area contributed by atoms with E-state index in [9.17, 15) is 19.2 Å². The van der Waals surface area contributed by atoms with Gasteiger partial charge in [0.2, 0.25) is 0 Å². The zero-order valence-corrected chi connectivity index (χ0v) is 25.0. The molecule has 10 nitrogen and oxygen atoms in total. The molecule has 0 aliphatic rings. The van der Waals surface area contributed by atoms with Crippen LogP contribution in [-0.4, -0.2) is 67.7 Å². The lowest BCUT2D eigenvalue weighted by Gasteiger charge is -2.07. The summed E-state index contributed by atoms with van der Waals surface area (Å²) in [6, 6.07) is 33.2. The molecule has 45 heavy (non-hydrogen) atoms. The highest BCUT2D eigenvalue weighted by Gasteiger charge is 2.03. The van der Waals surface area contributed by atoms with E-state index in [1.165, 1.54) is 0 Å². The number of rotatable bonds is 9. The molecule has 4 rings (SSSR count). The minimum atomic E-state index is -0.879. The van der Waals surface area contributed by atoms with Crippen LogP contribution in [0.15, 0.2) is 121 Å². The Labute approximate surface area is 262 Å². The van der Waals surface area contributed by atoms with E-state index in [0.717, 1.165) is 19.3 Å². The van der Waals surface area contributed by atoms with Gasteiger partial charge < -0.3 is 30.6 Å². The van der Waals surface area contributed by atoms with Crippen molar-refractivity contribution in [2.45, 2.75) is 26.2 Å². The molecule has 0 atom stereocenters. The van der Waals surface area contributed by atoms with Crippen LogP contribution < -0.4 is 0 Å². The topological polar surface area (TPSA) is 190 Å². The van der Waals surface area contributed by atoms with E-state index < -0.39 is 23.9 Å². The lowest BCUT2D eigenvalue weighted by Crippen LogP contribution is -2.10. The van der Waals surface area contributed by atoms with Gasteiger partial charge in [0, 0.05) is 19.1 Å². The second-order valence-electron chi connectivity index (χ2n) is 9.06. The fourth-order valence-electron chi connectivity index (χ4n) is 3.06. The van der Waals surface area contributed by atoms with Gasteiger partial charge in [-0.25, -0.2) is 19.2 Å². The molecule has 0 aliphatic heterocycles. The molecule has 10 heteroatoms. The number of aliphatic hydroxyl groups is 2. The molecule has 0 bridgehead atoms. The van der Waals surface area contributed by atoms with Crippen molar-refractivity contribution in [2.24, 2.45) is 5.92 Å². The van der Waals surface area contributed by atoms with Crippen LogP contribution in [-0.2, 0) is 0 Å². The van der Waals surface area contributed by atoms with Gasteiger partial charge in [-0.2, -0.15) is 0 Å². The summed E-state index contributed by atoms with van der Waals surface area (Å²) >= 11 is 0. The monoisotopic (exact) mass is 620 g/mol. The van der Waals surface area contributed by atoms with Crippen molar-refractivity contribution in [1.29, 1.82) is 0 Å². The number of aromatic carboxylic acids is 4. The maximum Gasteiger partial charge on any atom is 0.335 e. The smallest absolute Gasteiger partial charge is 0.335 e. The number of benzene rings is 4. The van der Waals surface area contributed by atoms with Crippen molar-refractivity contribution in [1.82, 2.24) is 0 Å². The van der Waals surface area contributed by atoms with Gasteiger partial charge in [0.15, 0.2) is 0 Å². The van der Waals surface area contributed by atoms with Crippen LogP contribution in [0.5, 0.6) is 0 Å². The van der Waals surface area contributed by atoms with Crippen LogP contribution in [0, 0.1) is 5.92 Å². The molecule has 0 amide bonds. The Hall–Kier alpha value is -5.32. The highest BCUT2D eigenvalue weighted by molar-refractivity contribution is 5.88. The number of carbonyl (C=O) groups is 4. The first-order chi connectivity index (χ1) is 21.6. The van der Waals surface area contributed by atoms with Crippen LogP contribution in [0.4, 0.5) is 0 Å². The maximum absolute atomic E-state index is 10.2. The first kappa shape index (κ1) is 39.7. The Balaban J connectivity index is 0.000000538. The Kier molecular flexibility index (Phi) is 22.2. The van der Waals surface area contributed by atoms with Crippen LogP contribution in [0.1, 0.15) is 67.6 Å². The van der Waals surface area contributed by atoms with E-state index in [-0.39, 0.29) is 19.1 Å². The molecular formula is C35H40O10. The molecule has 6 N–H and O–H groups in total. The van der Waals surface area contributed by atoms with Crippen LogP contribution in [0.3, 0.4) is 0 Å². The molecular weight excluding hydrogens is 580 g/mol. The summed E-state index contributed by atoms with van der Waals surface area (Å²) in [6.07, 6.45) is 3.19. The summed E-state index contributed by atoms with van der Waals surface area (Å²) in [4.78, 5) is 40.8. The summed E-state index contributed by atoms with van der Waals surface area (Å²) in [5.41, 5.74) is 1.32. The molecule has 0 radical (unpaired) electrons. The van der Waals surface area contributed by atoms with Crippen LogP contribution in [0.25, 0.3) is 0 Å². The largest absolute Gasteiger partial charge is 0.478 e. The predicted octanol–water partition coefficient (Wildman–Crippen LogP) is 6.32. The zero-order valence-electron chi connectivity index (χ0n) is 25.0. The average molecular weight is 621 g/mol. The minimum Gasteiger partial charge on any atom is -0.478 e. The molecule has 4 aromatic rings. The SMILES string of the molecule is CCCCC(CO)CO.O=C(O)c1ccccc1.O=C(O)c1ccccc1.O=C(O)c1ccccc1.O=C(O)c1ccccc1. The summed E-state index contributed by atoms with van der Waals surface area (Å²) in [6.45, 7) is 2.35. The molecule has 0 aliphatic carbocycles. The van der Waals surface area contributed by atoms with E-state index in [0.29, 0.717) is 22.3 Å². The standard InChI is InChI=1S/4C7H6O2.C7H16O2/c4*8-7(9)6-4-2-1-3-5-6;1-2-3-4-7(5-8)6-9/h4*1-5H,(H,8,9);7-9H,2-6H2,1H3. The molecule has 0 fully saturated rings. The van der Waals surface area contributed by atoms with Gasteiger partial charge in [0.1, 0.15) is 0 Å². The second kappa shape index (κ2) is 25.2. The van der Waals surface area contributed by atoms with Crippen LogP contribution in [0.2, 0.25) is 0 Å². The van der Waals surface area contributed by atoms with E-state index in [4.69, 9.17) is 30.6 Å². The molecule has 0 saturated heterocycles. The first-order valence-electron chi connectivity index (χ1n) is 13.9. The third-order valence-electron chi connectivity index (χ3n) is 5.57. The third kappa shape index (κ3) is 20.3. The van der Waals surface area contributed by atoms with Gasteiger partial charge in [0.25, 0.3) is 0 Å². The highest BCUT2D eigenvalue weighted by Crippen LogP contribution is 2.05. The number of unbranched alkanes of at least 4 members (excludes halogenated alkanes) is 1. The second-order valence-corrected chi connectivity index (χ2v) is 9.06. The number of carboxylic acid groups (broad SMARTS) is 4. The van der Waals surface area contributed by atoms with Crippen molar-refractivity contribution >= 4 is 23.9 Å². The maximum atomic E-state index is 10.2. The van der Waals surface area contributed by atoms with E-state index in [1.54, 1.807) is 121 Å². The zero-order chi connectivity index (χ0) is 33.9. The fourth-order valence-corrected chi connectivity index (χ4v) is 3.06. The lowest BCUT2D eigenvalue weighted by atomic mass is 10.0. The molecule has 0 heterocycles. The minimum absolute atomic E-state index is 0.116. The summed E-state index contributed by atoms with van der Waals surface area (Å²) < 4.78 is 0. The Morgan fingerprint density at radius 2 is 0.689 bits per heavy atom. The highest BCUT2D eigenvalue weighted by atomic mass is 16.4. The number of carboxylic acids is 4. The number of aliphatic hydroxyl groups excluding tert-OH is 2. The summed E-state index contributed by atoms with van der Waals surface area (Å²) in [5, 5.41) is 50.7. The van der Waals surface area contributed by atoms with Gasteiger partial charge in [-0.3, -0.25) is 0 Å². The lowest BCUT2D eigenvalue weighted by molar-refractivity contribution is 0.0686. The Morgan fingerprint density at radius 3 is 0.822 bits per heavy atom. The van der Waals surface area contributed by atoms with Gasteiger partial charge in [-0.05, 0) is 55.0 Å². The van der Waals surface area contributed by atoms with Crippen molar-refractivity contribution in [2.75, 3.05) is 13.2 Å². The molecule has 4 aromatic carbocycles. The van der Waals surface area contributed by atoms with Gasteiger partial charge in [-0.1, -0.05) is 92.6 Å². The quantitative estimate of drug-likeness (QED) is 0.124. The first-order valence-corrected chi connectivity index (χ1v) is 13.9. The Morgan fingerprint density at radius 1 is 0.467 bits per heavy atom. The van der Waals surface area contributed by atoms with Crippen LogP contribution >= 0.6 is 0 Å². The predicted molar refractivity (Wildman–Crippen MR) is 171 cm³/mol. The number of hydrogen-bond acceptors (Lipinski definition) is 6. The van der Waals surface area contributed by atoms with E-state index >= 15 is 0 Å². The molecule has 0 spiro atoms. The van der Waals surface area contributed by atoms with Crippen molar-refractivity contribution in [3.8, 4) is 0 Å². The van der Waals surface area contributed by atoms with Gasteiger partial charge in [0.05, 0.1) is 22.3 Å². The van der Waals surface area contributed by atoms with E-state index in [1.807, 2.05) is 0 Å².